The summed E-state index contributed by atoms with van der Waals surface area (Å²) >= 11 is 0. The first-order valence-electron chi connectivity index (χ1n) is 9.56. The molecule has 3 aliphatic heterocycles. The standard InChI is InChI=1S/C22H24O8/c1-11(6-7-27-14(4)23)20(25)29-17-10-22(5)18(24)9-15(30-22)12(2)8-16-19(17)13(3)21(26)28-16/h6,8-9,16-17,19H,3,7,10H2,1-2,4-5H3/b11-6+,12-8+/t16-,17-,19-,22-/m1/s1. The van der Waals surface area contributed by atoms with Crippen LogP contribution in [0.1, 0.15) is 34.1 Å². The monoisotopic (exact) mass is 416 g/mol. The average molecular weight is 416 g/mol. The molecule has 30 heavy (non-hydrogen) atoms. The van der Waals surface area contributed by atoms with Gasteiger partial charge in [-0.05, 0) is 38.5 Å². The number of carbonyl (C=O) groups excluding carboxylic acids is 4. The van der Waals surface area contributed by atoms with Gasteiger partial charge in [0, 0.05) is 30.6 Å². The van der Waals surface area contributed by atoms with Crippen LogP contribution in [0.3, 0.4) is 0 Å². The number of ketones is 1. The molecule has 0 amide bonds. The number of fused-ring (bicyclic) bond motifs is 3. The van der Waals surface area contributed by atoms with E-state index in [1.807, 2.05) is 0 Å². The highest BCUT2D eigenvalue weighted by Crippen LogP contribution is 2.42. The molecule has 1 saturated heterocycles. The Bertz CT molecular complexity index is 921. The Kier molecular flexibility index (Phi) is 5.70. The van der Waals surface area contributed by atoms with Gasteiger partial charge in [-0.1, -0.05) is 6.58 Å². The molecular weight excluding hydrogens is 392 g/mol. The van der Waals surface area contributed by atoms with Crippen LogP contribution in [0.25, 0.3) is 0 Å². The molecule has 8 heteroatoms. The van der Waals surface area contributed by atoms with Gasteiger partial charge in [0.25, 0.3) is 0 Å². The molecule has 0 radical (unpaired) electrons. The Hall–Kier alpha value is -3.16. The van der Waals surface area contributed by atoms with Crippen LogP contribution in [-0.4, -0.2) is 48.1 Å². The normalized spacial score (nSPS) is 32.5. The molecular formula is C22H24O8. The van der Waals surface area contributed by atoms with Gasteiger partial charge >= 0.3 is 17.9 Å². The molecule has 0 aliphatic carbocycles. The number of hydrogen-bond donors (Lipinski definition) is 0. The molecule has 0 aromatic rings. The second-order valence-corrected chi connectivity index (χ2v) is 7.81. The van der Waals surface area contributed by atoms with Crippen LogP contribution >= 0.6 is 0 Å². The second kappa shape index (κ2) is 7.93. The highest BCUT2D eigenvalue weighted by molar-refractivity contribution is 6.00. The number of ether oxygens (including phenoxy) is 4. The number of carbonyl (C=O) groups is 4. The predicted octanol–water partition coefficient (Wildman–Crippen LogP) is 2.10. The van der Waals surface area contributed by atoms with Gasteiger partial charge in [-0.25, -0.2) is 9.59 Å². The fourth-order valence-electron chi connectivity index (χ4n) is 3.66. The summed E-state index contributed by atoms with van der Waals surface area (Å²) in [5, 5.41) is 0. The summed E-state index contributed by atoms with van der Waals surface area (Å²) in [6.45, 7) is 9.90. The summed E-state index contributed by atoms with van der Waals surface area (Å²) in [5.74, 6) is -2.22. The summed E-state index contributed by atoms with van der Waals surface area (Å²) in [4.78, 5) is 48.3. The number of hydrogen-bond acceptors (Lipinski definition) is 8. The van der Waals surface area contributed by atoms with Gasteiger partial charge in [-0.3, -0.25) is 9.59 Å². The Morgan fingerprint density at radius 3 is 2.70 bits per heavy atom. The van der Waals surface area contributed by atoms with Crippen molar-refractivity contribution in [3.63, 3.8) is 0 Å². The minimum Gasteiger partial charge on any atom is -0.479 e. The molecule has 3 aliphatic rings. The van der Waals surface area contributed by atoms with E-state index in [1.54, 1.807) is 19.9 Å². The largest absolute Gasteiger partial charge is 0.479 e. The maximum atomic E-state index is 12.7. The van der Waals surface area contributed by atoms with E-state index in [4.69, 9.17) is 18.9 Å². The first-order valence-corrected chi connectivity index (χ1v) is 9.56. The molecule has 2 bridgehead atoms. The summed E-state index contributed by atoms with van der Waals surface area (Å²) in [7, 11) is 0. The van der Waals surface area contributed by atoms with E-state index in [0.29, 0.717) is 11.3 Å². The van der Waals surface area contributed by atoms with Crippen molar-refractivity contribution >= 4 is 23.7 Å². The summed E-state index contributed by atoms with van der Waals surface area (Å²) < 4.78 is 21.8. The molecule has 0 unspecified atom stereocenters. The van der Waals surface area contributed by atoms with Gasteiger partial charge in [-0.2, -0.15) is 0 Å². The van der Waals surface area contributed by atoms with Gasteiger partial charge in [0.2, 0.25) is 5.78 Å². The number of rotatable bonds is 4. The zero-order valence-corrected chi connectivity index (χ0v) is 17.4. The molecule has 1 fully saturated rings. The van der Waals surface area contributed by atoms with Gasteiger partial charge in [0.05, 0.1) is 5.92 Å². The fourth-order valence-corrected chi connectivity index (χ4v) is 3.66. The Labute approximate surface area is 174 Å². The second-order valence-electron chi connectivity index (χ2n) is 7.81. The molecule has 0 N–H and O–H groups in total. The van der Waals surface area contributed by atoms with Gasteiger partial charge in [-0.15, -0.1) is 0 Å². The van der Waals surface area contributed by atoms with E-state index in [0.717, 1.165) is 0 Å². The van der Waals surface area contributed by atoms with E-state index in [1.165, 1.54) is 26.0 Å². The van der Waals surface area contributed by atoms with Crippen molar-refractivity contribution in [3.05, 3.63) is 47.3 Å². The summed E-state index contributed by atoms with van der Waals surface area (Å²) in [5.41, 5.74) is -0.205. The Balaban J connectivity index is 1.91. The van der Waals surface area contributed by atoms with Crippen molar-refractivity contribution < 1.29 is 38.1 Å². The zero-order chi connectivity index (χ0) is 22.2. The van der Waals surface area contributed by atoms with Gasteiger partial charge < -0.3 is 18.9 Å². The number of allylic oxidation sites excluding steroid dienone is 1. The van der Waals surface area contributed by atoms with Crippen LogP contribution < -0.4 is 0 Å². The first-order chi connectivity index (χ1) is 14.0. The van der Waals surface area contributed by atoms with Crippen molar-refractivity contribution in [2.24, 2.45) is 5.92 Å². The van der Waals surface area contributed by atoms with Crippen LogP contribution in [0.2, 0.25) is 0 Å². The molecule has 3 heterocycles. The van der Waals surface area contributed by atoms with Crippen molar-refractivity contribution in [2.75, 3.05) is 6.61 Å². The maximum absolute atomic E-state index is 12.7. The minimum atomic E-state index is -1.24. The van der Waals surface area contributed by atoms with Crippen molar-refractivity contribution in [3.8, 4) is 0 Å². The predicted molar refractivity (Wildman–Crippen MR) is 104 cm³/mol. The fraction of sp³-hybridized carbons (Fsp3) is 0.455. The van der Waals surface area contributed by atoms with E-state index in [9.17, 15) is 19.2 Å². The van der Waals surface area contributed by atoms with Crippen molar-refractivity contribution in [1.82, 2.24) is 0 Å². The summed E-state index contributed by atoms with van der Waals surface area (Å²) in [6, 6.07) is 0. The molecule has 3 rings (SSSR count). The topological polar surface area (TPSA) is 105 Å². The van der Waals surface area contributed by atoms with Gasteiger partial charge in [0.1, 0.15) is 24.6 Å². The summed E-state index contributed by atoms with van der Waals surface area (Å²) in [6.07, 6.45) is 2.93. The third kappa shape index (κ3) is 4.08. The first kappa shape index (κ1) is 21.5. The lowest BCUT2D eigenvalue weighted by Gasteiger charge is -2.31. The van der Waals surface area contributed by atoms with Gasteiger partial charge in [0.15, 0.2) is 5.60 Å². The SMILES string of the molecule is C=C1C(=O)O[C@@H]2/C=C(\C)C3=CC(=O)[C@@](C)(C[C@@H](OC(=O)/C(C)=C/COC(C)=O)[C@H]12)O3. The van der Waals surface area contributed by atoms with E-state index in [-0.39, 0.29) is 30.0 Å². The third-order valence-corrected chi connectivity index (χ3v) is 5.43. The van der Waals surface area contributed by atoms with Crippen LogP contribution in [0.15, 0.2) is 47.3 Å². The molecule has 0 aromatic carbocycles. The molecule has 4 atom stereocenters. The molecule has 8 nitrogen and oxygen atoms in total. The Morgan fingerprint density at radius 1 is 1.33 bits per heavy atom. The highest BCUT2D eigenvalue weighted by atomic mass is 16.6. The van der Waals surface area contributed by atoms with E-state index in [2.05, 4.69) is 6.58 Å². The molecule has 160 valence electrons. The maximum Gasteiger partial charge on any atom is 0.334 e. The van der Waals surface area contributed by atoms with Crippen LogP contribution in [0.4, 0.5) is 0 Å². The smallest absolute Gasteiger partial charge is 0.334 e. The highest BCUT2D eigenvalue weighted by Gasteiger charge is 2.51. The Morgan fingerprint density at radius 2 is 2.03 bits per heavy atom. The van der Waals surface area contributed by atoms with Crippen LogP contribution in [0.5, 0.6) is 0 Å². The zero-order valence-electron chi connectivity index (χ0n) is 17.4. The van der Waals surface area contributed by atoms with Crippen LogP contribution in [-0.2, 0) is 38.1 Å². The lowest BCUT2D eigenvalue weighted by Crippen LogP contribution is -2.42. The quantitative estimate of drug-likeness (QED) is 0.390. The minimum absolute atomic E-state index is 0.0206. The third-order valence-electron chi connectivity index (χ3n) is 5.43. The van der Waals surface area contributed by atoms with Crippen LogP contribution in [0, 0.1) is 5.92 Å². The number of esters is 3. The van der Waals surface area contributed by atoms with E-state index < -0.39 is 41.6 Å². The van der Waals surface area contributed by atoms with E-state index >= 15 is 0 Å². The average Bonchev–Trinajstić information content (AvgIpc) is 3.10. The molecule has 0 spiro atoms. The molecule has 0 aromatic heterocycles. The van der Waals surface area contributed by atoms with Crippen molar-refractivity contribution in [1.29, 1.82) is 0 Å². The van der Waals surface area contributed by atoms with Crippen molar-refractivity contribution in [2.45, 2.75) is 51.9 Å². The lowest BCUT2D eigenvalue weighted by atomic mass is 9.82. The molecule has 0 saturated carbocycles. The lowest BCUT2D eigenvalue weighted by molar-refractivity contribution is -0.153.